The molecule has 6 heteroatoms. The maximum absolute atomic E-state index is 3.61. The SMILES string of the molecule is C1CNC(CCN2CCN(CCC3CNCCN3)CC2)CN1. The molecule has 3 aliphatic rings. The van der Waals surface area contributed by atoms with Crippen LogP contribution in [0.1, 0.15) is 12.8 Å². The Kier molecular flexibility index (Phi) is 6.91. The minimum Gasteiger partial charge on any atom is -0.314 e. The van der Waals surface area contributed by atoms with E-state index < -0.39 is 0 Å². The smallest absolute Gasteiger partial charge is 0.0205 e. The lowest BCUT2D eigenvalue weighted by atomic mass is 10.1. The second kappa shape index (κ2) is 9.15. The second-order valence-corrected chi connectivity index (χ2v) is 6.97. The molecule has 0 spiro atoms. The van der Waals surface area contributed by atoms with E-state index in [2.05, 4.69) is 31.1 Å². The Labute approximate surface area is 135 Å². The summed E-state index contributed by atoms with van der Waals surface area (Å²) in [5, 5.41) is 14.2. The largest absolute Gasteiger partial charge is 0.314 e. The van der Waals surface area contributed by atoms with Gasteiger partial charge in [0.15, 0.2) is 0 Å². The first-order valence-corrected chi connectivity index (χ1v) is 9.23. The van der Waals surface area contributed by atoms with Gasteiger partial charge in [-0.3, -0.25) is 0 Å². The molecule has 2 unspecified atom stereocenters. The third-order valence-corrected chi connectivity index (χ3v) is 5.30. The molecule has 2 atom stereocenters. The predicted molar refractivity (Wildman–Crippen MR) is 91.4 cm³/mol. The van der Waals surface area contributed by atoms with E-state index in [1.54, 1.807) is 0 Å². The quantitative estimate of drug-likeness (QED) is 0.480. The van der Waals surface area contributed by atoms with Gasteiger partial charge in [0.25, 0.3) is 0 Å². The van der Waals surface area contributed by atoms with Gasteiger partial charge in [0.1, 0.15) is 0 Å². The monoisotopic (exact) mass is 310 g/mol. The molecule has 6 nitrogen and oxygen atoms in total. The summed E-state index contributed by atoms with van der Waals surface area (Å²) in [6, 6.07) is 1.35. The van der Waals surface area contributed by atoms with E-state index in [9.17, 15) is 0 Å². The highest BCUT2D eigenvalue weighted by Gasteiger charge is 2.20. The summed E-state index contributed by atoms with van der Waals surface area (Å²) in [5.41, 5.74) is 0. The van der Waals surface area contributed by atoms with Crippen LogP contribution in [0.2, 0.25) is 0 Å². The predicted octanol–water partition coefficient (Wildman–Crippen LogP) is -1.49. The van der Waals surface area contributed by atoms with Crippen molar-refractivity contribution in [2.75, 3.05) is 78.5 Å². The summed E-state index contributed by atoms with van der Waals surface area (Å²) in [4.78, 5) is 5.29. The van der Waals surface area contributed by atoms with E-state index in [0.717, 1.165) is 39.3 Å². The molecule has 3 rings (SSSR count). The van der Waals surface area contributed by atoms with Crippen molar-refractivity contribution in [1.82, 2.24) is 31.1 Å². The minimum atomic E-state index is 0.677. The van der Waals surface area contributed by atoms with E-state index >= 15 is 0 Å². The van der Waals surface area contributed by atoms with Crippen molar-refractivity contribution in [2.45, 2.75) is 24.9 Å². The molecule has 0 bridgehead atoms. The summed E-state index contributed by atoms with van der Waals surface area (Å²) >= 11 is 0. The molecule has 0 aromatic rings. The van der Waals surface area contributed by atoms with Gasteiger partial charge >= 0.3 is 0 Å². The van der Waals surface area contributed by atoms with Crippen molar-refractivity contribution >= 4 is 0 Å². The van der Waals surface area contributed by atoms with Gasteiger partial charge in [-0.05, 0) is 25.9 Å². The molecule has 4 N–H and O–H groups in total. The number of piperazine rings is 3. The molecule has 22 heavy (non-hydrogen) atoms. The van der Waals surface area contributed by atoms with Crippen LogP contribution >= 0.6 is 0 Å². The van der Waals surface area contributed by atoms with Gasteiger partial charge in [0.2, 0.25) is 0 Å². The van der Waals surface area contributed by atoms with Crippen molar-refractivity contribution < 1.29 is 0 Å². The lowest BCUT2D eigenvalue weighted by Gasteiger charge is -2.36. The van der Waals surface area contributed by atoms with Gasteiger partial charge in [-0.15, -0.1) is 0 Å². The van der Waals surface area contributed by atoms with Crippen LogP contribution in [-0.4, -0.2) is 100 Å². The lowest BCUT2D eigenvalue weighted by molar-refractivity contribution is 0.123. The molecule has 128 valence electrons. The van der Waals surface area contributed by atoms with Gasteiger partial charge in [0.05, 0.1) is 0 Å². The summed E-state index contributed by atoms with van der Waals surface area (Å²) < 4.78 is 0. The zero-order valence-electron chi connectivity index (χ0n) is 13.9. The maximum atomic E-state index is 3.61. The average Bonchev–Trinajstić information content (AvgIpc) is 2.61. The fourth-order valence-corrected chi connectivity index (χ4v) is 3.75. The molecule has 3 fully saturated rings. The van der Waals surface area contributed by atoms with Crippen LogP contribution in [-0.2, 0) is 0 Å². The van der Waals surface area contributed by atoms with Crippen LogP contribution in [0, 0.1) is 0 Å². The summed E-state index contributed by atoms with van der Waals surface area (Å²) in [7, 11) is 0. The van der Waals surface area contributed by atoms with Crippen LogP contribution in [0.25, 0.3) is 0 Å². The van der Waals surface area contributed by atoms with Crippen LogP contribution < -0.4 is 21.3 Å². The Balaban J connectivity index is 1.25. The van der Waals surface area contributed by atoms with Crippen molar-refractivity contribution in [1.29, 1.82) is 0 Å². The van der Waals surface area contributed by atoms with Gasteiger partial charge in [-0.25, -0.2) is 0 Å². The fourth-order valence-electron chi connectivity index (χ4n) is 3.75. The van der Waals surface area contributed by atoms with E-state index in [4.69, 9.17) is 0 Å². The number of hydrogen-bond acceptors (Lipinski definition) is 6. The topological polar surface area (TPSA) is 54.6 Å². The molecule has 0 saturated carbocycles. The first-order chi connectivity index (χ1) is 10.9. The van der Waals surface area contributed by atoms with E-state index in [1.165, 1.54) is 52.1 Å². The van der Waals surface area contributed by atoms with Gasteiger partial charge in [0, 0.05) is 77.5 Å². The van der Waals surface area contributed by atoms with E-state index in [-0.39, 0.29) is 0 Å². The normalized spacial score (nSPS) is 32.2. The molecule has 0 amide bonds. The summed E-state index contributed by atoms with van der Waals surface area (Å²) in [6.45, 7) is 14.3. The van der Waals surface area contributed by atoms with Gasteiger partial charge < -0.3 is 31.1 Å². The molecule has 3 aliphatic heterocycles. The standard InChI is InChI=1S/C16H34N6/c1(15-13-17-3-5-19-15)7-21-9-11-22(12-10-21)8-2-16-14-18-4-6-20-16/h15-20H,1-14H2. The van der Waals surface area contributed by atoms with E-state index in [1.807, 2.05) is 0 Å². The number of nitrogens with zero attached hydrogens (tertiary/aromatic N) is 2. The number of hydrogen-bond donors (Lipinski definition) is 4. The number of rotatable bonds is 6. The highest BCUT2D eigenvalue weighted by Crippen LogP contribution is 2.06. The highest BCUT2D eigenvalue weighted by atomic mass is 15.3. The molecular weight excluding hydrogens is 276 g/mol. The zero-order valence-corrected chi connectivity index (χ0v) is 13.9. The Morgan fingerprint density at radius 2 is 1.09 bits per heavy atom. The molecule has 0 aliphatic carbocycles. The first kappa shape index (κ1) is 16.6. The Morgan fingerprint density at radius 1 is 0.636 bits per heavy atom. The van der Waals surface area contributed by atoms with Crippen LogP contribution in [0.5, 0.6) is 0 Å². The first-order valence-electron chi connectivity index (χ1n) is 9.23. The minimum absolute atomic E-state index is 0.677. The second-order valence-electron chi connectivity index (χ2n) is 6.97. The zero-order chi connectivity index (χ0) is 15.0. The van der Waals surface area contributed by atoms with Crippen LogP contribution in [0.3, 0.4) is 0 Å². The maximum Gasteiger partial charge on any atom is 0.0205 e. The van der Waals surface area contributed by atoms with Crippen LogP contribution in [0.15, 0.2) is 0 Å². The van der Waals surface area contributed by atoms with Crippen molar-refractivity contribution in [2.24, 2.45) is 0 Å². The fraction of sp³-hybridized carbons (Fsp3) is 1.00. The van der Waals surface area contributed by atoms with E-state index in [0.29, 0.717) is 12.1 Å². The van der Waals surface area contributed by atoms with Crippen molar-refractivity contribution in [3.8, 4) is 0 Å². The third-order valence-electron chi connectivity index (χ3n) is 5.30. The summed E-state index contributed by atoms with van der Waals surface area (Å²) in [5.74, 6) is 0. The Hall–Kier alpha value is -0.240. The van der Waals surface area contributed by atoms with Gasteiger partial charge in [-0.2, -0.15) is 0 Å². The lowest BCUT2D eigenvalue weighted by Crippen LogP contribution is -2.52. The van der Waals surface area contributed by atoms with Crippen LogP contribution in [0.4, 0.5) is 0 Å². The van der Waals surface area contributed by atoms with Crippen molar-refractivity contribution in [3.63, 3.8) is 0 Å². The number of nitrogens with one attached hydrogen (secondary N) is 4. The molecule has 0 radical (unpaired) electrons. The third kappa shape index (κ3) is 5.44. The molecule has 0 aromatic heterocycles. The van der Waals surface area contributed by atoms with Crippen molar-refractivity contribution in [3.05, 3.63) is 0 Å². The van der Waals surface area contributed by atoms with Gasteiger partial charge in [-0.1, -0.05) is 0 Å². The molecule has 0 aromatic carbocycles. The molecule has 3 heterocycles. The highest BCUT2D eigenvalue weighted by molar-refractivity contribution is 4.80. The molecular formula is C16H34N6. The Bertz CT molecular complexity index is 263. The Morgan fingerprint density at radius 3 is 1.45 bits per heavy atom. The molecule has 3 saturated heterocycles. The average molecular weight is 310 g/mol. The summed E-state index contributed by atoms with van der Waals surface area (Å²) in [6.07, 6.45) is 2.56.